The fourth-order valence-electron chi connectivity index (χ4n) is 2.95. The largest absolute Gasteiger partial charge is 0.357 e. The molecule has 0 radical (unpaired) electrons. The number of pyridine rings is 1. The Bertz CT molecular complexity index is 662. The summed E-state index contributed by atoms with van der Waals surface area (Å²) < 4.78 is 0. The second-order valence-corrected chi connectivity index (χ2v) is 6.11. The third-order valence-electron chi connectivity index (χ3n) is 4.38. The number of piperidine rings is 1. The molecule has 124 valence electrons. The van der Waals surface area contributed by atoms with Crippen molar-refractivity contribution in [2.45, 2.75) is 12.8 Å². The molecule has 1 fully saturated rings. The van der Waals surface area contributed by atoms with Gasteiger partial charge in [-0.3, -0.25) is 4.79 Å². The quantitative estimate of drug-likeness (QED) is 0.861. The minimum absolute atomic E-state index is 0.0222. The molecular weight excluding hydrogens is 298 g/mol. The van der Waals surface area contributed by atoms with Crippen molar-refractivity contribution in [3.8, 4) is 0 Å². The Kier molecular flexibility index (Phi) is 5.61. The Balaban J connectivity index is 1.40. The van der Waals surface area contributed by atoms with Crippen LogP contribution in [0.2, 0.25) is 0 Å². The van der Waals surface area contributed by atoms with E-state index in [0.29, 0.717) is 5.92 Å². The highest BCUT2D eigenvalue weighted by Crippen LogP contribution is 2.20. The van der Waals surface area contributed by atoms with Crippen LogP contribution in [0.5, 0.6) is 0 Å². The number of amides is 1. The minimum Gasteiger partial charge on any atom is -0.357 e. The number of carbonyl (C=O) groups is 1. The van der Waals surface area contributed by atoms with E-state index in [1.165, 1.54) is 0 Å². The van der Waals surface area contributed by atoms with Crippen molar-refractivity contribution in [1.82, 2.24) is 10.3 Å². The molecule has 0 spiro atoms. The van der Waals surface area contributed by atoms with Crippen molar-refractivity contribution in [2.75, 3.05) is 24.5 Å². The summed E-state index contributed by atoms with van der Waals surface area (Å²) in [5.74, 6) is 1.57. The molecule has 3 rings (SSSR count). The van der Waals surface area contributed by atoms with E-state index in [2.05, 4.69) is 21.3 Å². The molecular formula is C20H23N3O. The maximum Gasteiger partial charge on any atom is 0.244 e. The van der Waals surface area contributed by atoms with Crippen LogP contribution in [-0.4, -0.2) is 30.5 Å². The van der Waals surface area contributed by atoms with Gasteiger partial charge < -0.3 is 10.2 Å². The summed E-state index contributed by atoms with van der Waals surface area (Å²) >= 11 is 0. The van der Waals surface area contributed by atoms with Crippen LogP contribution in [0.1, 0.15) is 18.4 Å². The van der Waals surface area contributed by atoms with E-state index in [0.717, 1.165) is 43.9 Å². The highest BCUT2D eigenvalue weighted by molar-refractivity contribution is 5.91. The summed E-state index contributed by atoms with van der Waals surface area (Å²) in [7, 11) is 0. The lowest BCUT2D eigenvalue weighted by Crippen LogP contribution is -2.38. The molecule has 4 nitrogen and oxygen atoms in total. The fourth-order valence-corrected chi connectivity index (χ4v) is 2.95. The number of rotatable bonds is 5. The SMILES string of the molecule is O=C(C=Cc1ccccc1)NCC1CCN(c2ccccn2)CC1. The first kappa shape index (κ1) is 16.2. The van der Waals surface area contributed by atoms with E-state index in [4.69, 9.17) is 0 Å². The van der Waals surface area contributed by atoms with Gasteiger partial charge >= 0.3 is 0 Å². The summed E-state index contributed by atoms with van der Waals surface area (Å²) in [6, 6.07) is 15.9. The van der Waals surface area contributed by atoms with Crippen LogP contribution < -0.4 is 10.2 Å². The molecule has 1 N–H and O–H groups in total. The van der Waals surface area contributed by atoms with Gasteiger partial charge in [0.05, 0.1) is 0 Å². The zero-order chi connectivity index (χ0) is 16.6. The Morgan fingerprint density at radius 3 is 2.58 bits per heavy atom. The summed E-state index contributed by atoms with van der Waals surface area (Å²) in [4.78, 5) is 18.6. The van der Waals surface area contributed by atoms with Gasteiger partial charge in [-0.05, 0) is 42.5 Å². The van der Waals surface area contributed by atoms with E-state index in [9.17, 15) is 4.79 Å². The van der Waals surface area contributed by atoms with E-state index >= 15 is 0 Å². The lowest BCUT2D eigenvalue weighted by molar-refractivity contribution is -0.116. The van der Waals surface area contributed by atoms with Crippen LogP contribution in [0.25, 0.3) is 6.08 Å². The van der Waals surface area contributed by atoms with Gasteiger partial charge in [-0.25, -0.2) is 4.98 Å². The molecule has 0 unspecified atom stereocenters. The Morgan fingerprint density at radius 2 is 1.88 bits per heavy atom. The Labute approximate surface area is 143 Å². The normalized spacial score (nSPS) is 15.6. The third-order valence-corrected chi connectivity index (χ3v) is 4.38. The molecule has 0 aliphatic carbocycles. The molecule has 1 saturated heterocycles. The van der Waals surface area contributed by atoms with Gasteiger partial charge in [-0.15, -0.1) is 0 Å². The number of benzene rings is 1. The zero-order valence-electron chi connectivity index (χ0n) is 13.8. The van der Waals surface area contributed by atoms with Crippen molar-refractivity contribution in [3.05, 3.63) is 66.4 Å². The van der Waals surface area contributed by atoms with Crippen molar-refractivity contribution in [2.24, 2.45) is 5.92 Å². The molecule has 1 amide bonds. The highest BCUT2D eigenvalue weighted by atomic mass is 16.1. The Hall–Kier alpha value is -2.62. The summed E-state index contributed by atoms with van der Waals surface area (Å²) in [6.45, 7) is 2.74. The van der Waals surface area contributed by atoms with Gasteiger partial charge in [0, 0.05) is 31.9 Å². The lowest BCUT2D eigenvalue weighted by Gasteiger charge is -2.32. The number of aromatic nitrogens is 1. The van der Waals surface area contributed by atoms with Crippen molar-refractivity contribution in [1.29, 1.82) is 0 Å². The van der Waals surface area contributed by atoms with Gasteiger partial charge in [0.2, 0.25) is 5.91 Å². The van der Waals surface area contributed by atoms with Crippen molar-refractivity contribution in [3.63, 3.8) is 0 Å². The highest BCUT2D eigenvalue weighted by Gasteiger charge is 2.20. The van der Waals surface area contributed by atoms with Gasteiger partial charge in [-0.2, -0.15) is 0 Å². The molecule has 24 heavy (non-hydrogen) atoms. The zero-order valence-corrected chi connectivity index (χ0v) is 13.8. The van der Waals surface area contributed by atoms with E-state index < -0.39 is 0 Å². The van der Waals surface area contributed by atoms with Crippen LogP contribution in [0, 0.1) is 5.92 Å². The second-order valence-electron chi connectivity index (χ2n) is 6.11. The molecule has 0 bridgehead atoms. The number of carbonyl (C=O) groups excluding carboxylic acids is 1. The lowest BCUT2D eigenvalue weighted by atomic mass is 9.97. The third kappa shape index (κ3) is 4.69. The van der Waals surface area contributed by atoms with E-state index in [1.807, 2.05) is 54.7 Å². The molecule has 4 heteroatoms. The maximum atomic E-state index is 11.9. The standard InChI is InChI=1S/C20H23N3O/c24-20(10-9-17-6-2-1-3-7-17)22-16-18-11-14-23(15-12-18)19-8-4-5-13-21-19/h1-10,13,18H,11-12,14-16H2,(H,22,24). The molecule has 1 aromatic carbocycles. The molecule has 2 heterocycles. The first-order valence-corrected chi connectivity index (χ1v) is 8.48. The van der Waals surface area contributed by atoms with Crippen LogP contribution >= 0.6 is 0 Å². The van der Waals surface area contributed by atoms with Crippen molar-refractivity contribution >= 4 is 17.8 Å². The molecule has 0 saturated carbocycles. The average Bonchev–Trinajstić information content (AvgIpc) is 2.67. The molecule has 0 atom stereocenters. The van der Waals surface area contributed by atoms with Crippen molar-refractivity contribution < 1.29 is 4.79 Å². The first-order chi connectivity index (χ1) is 11.8. The molecule has 1 aliphatic heterocycles. The van der Waals surface area contributed by atoms with Crippen LogP contribution in [0.15, 0.2) is 60.8 Å². The van der Waals surface area contributed by atoms with E-state index in [1.54, 1.807) is 6.08 Å². The number of hydrogen-bond donors (Lipinski definition) is 1. The topological polar surface area (TPSA) is 45.2 Å². The van der Waals surface area contributed by atoms with Crippen LogP contribution in [-0.2, 0) is 4.79 Å². The monoisotopic (exact) mass is 321 g/mol. The van der Waals surface area contributed by atoms with Gasteiger partial charge in [0.15, 0.2) is 0 Å². The predicted octanol–water partition coefficient (Wildman–Crippen LogP) is 3.13. The smallest absolute Gasteiger partial charge is 0.244 e. The fraction of sp³-hybridized carbons (Fsp3) is 0.300. The van der Waals surface area contributed by atoms with E-state index in [-0.39, 0.29) is 5.91 Å². The number of nitrogens with zero attached hydrogens (tertiary/aromatic N) is 2. The van der Waals surface area contributed by atoms with Crippen LogP contribution in [0.3, 0.4) is 0 Å². The summed E-state index contributed by atoms with van der Waals surface area (Å²) in [6.07, 6.45) is 7.45. The minimum atomic E-state index is -0.0222. The first-order valence-electron chi connectivity index (χ1n) is 8.48. The summed E-state index contributed by atoms with van der Waals surface area (Å²) in [5.41, 5.74) is 1.04. The average molecular weight is 321 g/mol. The van der Waals surface area contributed by atoms with Gasteiger partial charge in [0.25, 0.3) is 0 Å². The van der Waals surface area contributed by atoms with Gasteiger partial charge in [0.1, 0.15) is 5.82 Å². The maximum absolute atomic E-state index is 11.9. The number of hydrogen-bond acceptors (Lipinski definition) is 3. The molecule has 2 aromatic rings. The number of anilines is 1. The second kappa shape index (κ2) is 8.29. The summed E-state index contributed by atoms with van der Waals surface area (Å²) in [5, 5.41) is 3.02. The predicted molar refractivity (Wildman–Crippen MR) is 97.7 cm³/mol. The number of nitrogens with one attached hydrogen (secondary N) is 1. The molecule has 1 aromatic heterocycles. The van der Waals surface area contributed by atoms with Gasteiger partial charge in [-0.1, -0.05) is 36.4 Å². The van der Waals surface area contributed by atoms with Crippen LogP contribution in [0.4, 0.5) is 5.82 Å². The Morgan fingerprint density at radius 1 is 1.12 bits per heavy atom. The molecule has 1 aliphatic rings.